The van der Waals surface area contributed by atoms with Crippen LogP contribution < -0.4 is 0 Å². The highest BCUT2D eigenvalue weighted by atomic mass is 16.6. The molecule has 0 rings (SSSR count). The molecule has 0 aliphatic rings. The molecule has 11 heavy (non-hydrogen) atoms. The first-order chi connectivity index (χ1) is 5.08. The first kappa shape index (κ1) is 12.4. The molecule has 0 aliphatic carbocycles. The predicted molar refractivity (Wildman–Crippen MR) is 40.2 cm³/mol. The Labute approximate surface area is 65.3 Å². The van der Waals surface area contributed by atoms with E-state index in [9.17, 15) is 0 Å². The van der Waals surface area contributed by atoms with Crippen LogP contribution in [0, 0.1) is 0 Å². The lowest BCUT2D eigenvalue weighted by Crippen LogP contribution is -1.91. The van der Waals surface area contributed by atoms with Crippen molar-refractivity contribution < 1.29 is 19.8 Å². The molecule has 0 aromatic rings. The van der Waals surface area contributed by atoms with E-state index < -0.39 is 6.16 Å². The maximum absolute atomic E-state index is 9.15. The Morgan fingerprint density at radius 3 is 2.00 bits per heavy atom. The maximum Gasteiger partial charge on any atom is 0.505 e. The minimum Gasteiger partial charge on any atom is -0.450 e. The van der Waals surface area contributed by atoms with Gasteiger partial charge in [0.1, 0.15) is 0 Å². The molecule has 5 heteroatoms. The molecule has 0 radical (unpaired) electrons. The molecule has 0 amide bonds. The summed E-state index contributed by atoms with van der Waals surface area (Å²) in [6, 6.07) is 0. The molecule has 0 heterocycles. The average Bonchev–Trinajstić information content (AvgIpc) is 2.04. The molecule has 0 aromatic carbocycles. The van der Waals surface area contributed by atoms with Crippen molar-refractivity contribution in [1.82, 2.24) is 0 Å². The second-order valence-corrected chi connectivity index (χ2v) is 1.66. The fourth-order valence-electron chi connectivity index (χ4n) is 0.0707. The number of rotatable bonds is 1. The van der Waals surface area contributed by atoms with Gasteiger partial charge in [0.2, 0.25) is 0 Å². The number of carbonyl (C=O) groups is 1. The summed E-state index contributed by atoms with van der Waals surface area (Å²) in [7, 11) is 1.10. The van der Waals surface area contributed by atoms with Crippen LogP contribution in [0.5, 0.6) is 0 Å². The van der Waals surface area contributed by atoms with Crippen LogP contribution in [-0.2, 0) is 4.74 Å². The molecule has 0 unspecified atom stereocenters. The monoisotopic (exact) mass is 163 g/mol. The molecule has 5 nitrogen and oxygen atoms in total. The first-order valence-corrected chi connectivity index (χ1v) is 3.02. The second-order valence-electron chi connectivity index (χ2n) is 1.66. The number of carboxylic acid groups (broad SMARTS) is 1. The molecular weight excluding hydrogens is 150 g/mol. The zero-order chi connectivity index (χ0) is 9.28. The van der Waals surface area contributed by atoms with Gasteiger partial charge in [-0.05, 0) is 13.3 Å². The Bertz CT molecular complexity index is 133. The summed E-state index contributed by atoms with van der Waals surface area (Å²) in [5.41, 5.74) is 0.773. The highest BCUT2D eigenvalue weighted by molar-refractivity contribution is 5.80. The molecule has 0 aliphatic heterocycles. The van der Waals surface area contributed by atoms with Gasteiger partial charge >= 0.3 is 6.16 Å². The Hall–Kier alpha value is -1.26. The summed E-state index contributed by atoms with van der Waals surface area (Å²) in [6.45, 7) is 3.72. The third-order valence-corrected chi connectivity index (χ3v) is 0.857. The van der Waals surface area contributed by atoms with Gasteiger partial charge < -0.3 is 15.1 Å². The first-order valence-electron chi connectivity index (χ1n) is 3.02. The normalized spacial score (nSPS) is 9.55. The van der Waals surface area contributed by atoms with E-state index >= 15 is 0 Å². The standard InChI is InChI=1S/C4H9NO.C2H4O3/c1-3-4(2)5-6;1-5-2(3)4/h6H,3H2,1-2H3;1H3,(H,3,4). The van der Waals surface area contributed by atoms with Crippen molar-refractivity contribution in [3.8, 4) is 0 Å². The van der Waals surface area contributed by atoms with Gasteiger partial charge in [0.25, 0.3) is 0 Å². The van der Waals surface area contributed by atoms with Gasteiger partial charge in [0.15, 0.2) is 0 Å². The van der Waals surface area contributed by atoms with Crippen LogP contribution in [0.3, 0.4) is 0 Å². The Balaban J connectivity index is 0. The predicted octanol–water partition coefficient (Wildman–Crippen LogP) is 1.56. The molecular formula is C6H13NO4. The summed E-state index contributed by atoms with van der Waals surface area (Å²) in [5.74, 6) is 0. The Morgan fingerprint density at radius 2 is 2.00 bits per heavy atom. The third-order valence-electron chi connectivity index (χ3n) is 0.857. The van der Waals surface area contributed by atoms with Gasteiger partial charge in [-0.15, -0.1) is 0 Å². The van der Waals surface area contributed by atoms with Crippen molar-refractivity contribution in [2.75, 3.05) is 7.11 Å². The van der Waals surface area contributed by atoms with Crippen molar-refractivity contribution in [3.05, 3.63) is 0 Å². The van der Waals surface area contributed by atoms with E-state index in [0.717, 1.165) is 19.2 Å². The van der Waals surface area contributed by atoms with E-state index in [1.807, 2.05) is 6.92 Å². The number of hydrogen-bond donors (Lipinski definition) is 2. The van der Waals surface area contributed by atoms with Gasteiger partial charge in [-0.3, -0.25) is 0 Å². The van der Waals surface area contributed by atoms with E-state index in [4.69, 9.17) is 15.1 Å². The molecule has 0 spiro atoms. The quantitative estimate of drug-likeness (QED) is 0.266. The van der Waals surface area contributed by atoms with E-state index in [0.29, 0.717) is 0 Å². The van der Waals surface area contributed by atoms with Crippen molar-refractivity contribution in [2.24, 2.45) is 5.16 Å². The Morgan fingerprint density at radius 1 is 1.64 bits per heavy atom. The van der Waals surface area contributed by atoms with Gasteiger partial charge in [-0.25, -0.2) is 4.79 Å². The zero-order valence-electron chi connectivity index (χ0n) is 6.87. The number of hydrogen-bond acceptors (Lipinski definition) is 4. The molecule has 0 bridgehead atoms. The summed E-state index contributed by atoms with van der Waals surface area (Å²) in [5, 5.41) is 18.3. The fourth-order valence-corrected chi connectivity index (χ4v) is 0.0707. The molecule has 66 valence electrons. The SMILES string of the molecule is CCC(C)=NO.COC(=O)O. The molecule has 0 saturated heterocycles. The highest BCUT2D eigenvalue weighted by Crippen LogP contribution is 1.78. The lowest BCUT2D eigenvalue weighted by atomic mass is 10.3. The fraction of sp³-hybridized carbons (Fsp3) is 0.667. The van der Waals surface area contributed by atoms with Gasteiger partial charge in [0.05, 0.1) is 12.8 Å². The zero-order valence-corrected chi connectivity index (χ0v) is 6.87. The van der Waals surface area contributed by atoms with Crippen LogP contribution in [0.2, 0.25) is 0 Å². The highest BCUT2D eigenvalue weighted by Gasteiger charge is 1.80. The largest absolute Gasteiger partial charge is 0.505 e. The van der Waals surface area contributed by atoms with E-state index in [-0.39, 0.29) is 0 Å². The van der Waals surface area contributed by atoms with Crippen LogP contribution in [0.25, 0.3) is 0 Å². The number of oxime groups is 1. The van der Waals surface area contributed by atoms with Crippen molar-refractivity contribution >= 4 is 11.9 Å². The summed E-state index contributed by atoms with van der Waals surface area (Å²) in [6.07, 6.45) is -0.416. The molecule has 0 atom stereocenters. The summed E-state index contributed by atoms with van der Waals surface area (Å²) < 4.78 is 3.67. The molecule has 0 saturated carbocycles. The minimum atomic E-state index is -1.25. The average molecular weight is 163 g/mol. The van der Waals surface area contributed by atoms with Gasteiger partial charge in [-0.2, -0.15) is 0 Å². The Kier molecular flexibility index (Phi) is 9.87. The molecule has 0 fully saturated rings. The molecule has 0 aromatic heterocycles. The minimum absolute atomic E-state index is 0.773. The number of methoxy groups -OCH3 is 1. The summed E-state index contributed by atoms with van der Waals surface area (Å²) in [4.78, 5) is 9.15. The van der Waals surface area contributed by atoms with Crippen LogP contribution >= 0.6 is 0 Å². The lowest BCUT2D eigenvalue weighted by molar-refractivity contribution is 0.114. The molecule has 2 N–H and O–H groups in total. The topological polar surface area (TPSA) is 79.1 Å². The van der Waals surface area contributed by atoms with E-state index in [1.165, 1.54) is 0 Å². The maximum atomic E-state index is 9.15. The third kappa shape index (κ3) is 17.7. The summed E-state index contributed by atoms with van der Waals surface area (Å²) >= 11 is 0. The van der Waals surface area contributed by atoms with E-state index in [1.54, 1.807) is 6.92 Å². The van der Waals surface area contributed by atoms with Gasteiger partial charge in [-0.1, -0.05) is 12.1 Å². The van der Waals surface area contributed by atoms with Crippen molar-refractivity contribution in [1.29, 1.82) is 0 Å². The van der Waals surface area contributed by atoms with Crippen LogP contribution in [0.15, 0.2) is 5.16 Å². The van der Waals surface area contributed by atoms with Crippen LogP contribution in [-0.4, -0.2) is 29.3 Å². The van der Waals surface area contributed by atoms with E-state index in [2.05, 4.69) is 9.89 Å². The second kappa shape index (κ2) is 8.74. The van der Waals surface area contributed by atoms with Crippen LogP contribution in [0.4, 0.5) is 4.79 Å². The number of nitrogens with zero attached hydrogens (tertiary/aromatic N) is 1. The van der Waals surface area contributed by atoms with Crippen molar-refractivity contribution in [2.45, 2.75) is 20.3 Å². The van der Waals surface area contributed by atoms with Gasteiger partial charge in [0, 0.05) is 0 Å². The van der Waals surface area contributed by atoms with Crippen LogP contribution in [0.1, 0.15) is 20.3 Å². The van der Waals surface area contributed by atoms with Crippen molar-refractivity contribution in [3.63, 3.8) is 0 Å². The number of ether oxygens (including phenoxy) is 1. The smallest absolute Gasteiger partial charge is 0.450 e. The lowest BCUT2D eigenvalue weighted by Gasteiger charge is -1.81.